The minimum absolute atomic E-state index is 0.0237. The zero-order valence-electron chi connectivity index (χ0n) is 33.7. The van der Waals surface area contributed by atoms with Gasteiger partial charge in [-0.25, -0.2) is 0 Å². The molecular formula is C45H63Cl2N2ORu-. The average Bonchev–Trinajstić information content (AvgIpc) is 3.39. The number of para-hydroxylation sites is 1. The Bertz CT molecular complexity index is 1540. The van der Waals surface area contributed by atoms with E-state index in [0.29, 0.717) is 0 Å². The molecule has 4 rings (SSSR count). The SMILES string of the molecule is CC(C)Oc1ccccc1[CH]=[Ru]([Cl])[Cl].[CH]C(C)(C)CC(C)(C)c1cc(C)c(N2[CH-]N(c3c(C)cc(C(C)(C)CC([CH])(C)C)cc3C)CC2)c(C)c1. The maximum atomic E-state index is 6.39. The van der Waals surface area contributed by atoms with Crippen molar-refractivity contribution in [2.24, 2.45) is 10.8 Å². The van der Waals surface area contributed by atoms with Gasteiger partial charge in [-0.2, -0.15) is 6.67 Å². The van der Waals surface area contributed by atoms with E-state index in [1.54, 1.807) is 0 Å². The molecule has 6 heteroatoms. The number of aryl methyl sites for hydroxylation is 4. The fourth-order valence-electron chi connectivity index (χ4n) is 7.93. The predicted octanol–water partition coefficient (Wildman–Crippen LogP) is 12.7. The van der Waals surface area contributed by atoms with Gasteiger partial charge in [0.05, 0.1) is 0 Å². The number of anilines is 2. The number of hydrogen-bond acceptors (Lipinski definition) is 3. The second-order valence-corrected chi connectivity index (χ2v) is 23.3. The molecule has 0 aromatic heterocycles. The minimum atomic E-state index is -1.77. The van der Waals surface area contributed by atoms with Gasteiger partial charge >= 0.3 is 97.8 Å². The smallest absolute Gasteiger partial charge is 0.0146 e. The van der Waals surface area contributed by atoms with E-state index in [-0.39, 0.29) is 27.8 Å². The van der Waals surface area contributed by atoms with E-state index >= 15 is 0 Å². The Kier molecular flexibility index (Phi) is 14.6. The summed E-state index contributed by atoms with van der Waals surface area (Å²) in [7, 11) is 11.6. The summed E-state index contributed by atoms with van der Waals surface area (Å²) in [5.74, 6) is 0.850. The fraction of sp³-hybridized carbons (Fsp3) is 0.511. The van der Waals surface area contributed by atoms with Gasteiger partial charge in [0.1, 0.15) is 0 Å². The van der Waals surface area contributed by atoms with E-state index in [1.807, 2.05) is 42.7 Å². The van der Waals surface area contributed by atoms with Crippen LogP contribution in [0.2, 0.25) is 0 Å². The Morgan fingerprint density at radius 1 is 0.725 bits per heavy atom. The third-order valence-corrected chi connectivity index (χ3v) is 11.1. The van der Waals surface area contributed by atoms with Crippen molar-refractivity contribution in [3.63, 3.8) is 0 Å². The van der Waals surface area contributed by atoms with Crippen LogP contribution in [0.3, 0.4) is 0 Å². The van der Waals surface area contributed by atoms with Crippen molar-refractivity contribution >= 4 is 35.4 Å². The van der Waals surface area contributed by atoms with Crippen molar-refractivity contribution in [1.29, 1.82) is 0 Å². The van der Waals surface area contributed by atoms with E-state index in [1.165, 1.54) is 44.8 Å². The number of benzene rings is 3. The largest absolute Gasteiger partial charge is 0.502 e. The number of nitrogens with zero attached hydrogens (tertiary/aromatic N) is 2. The Hall–Kier alpha value is -1.87. The molecule has 4 radical (unpaired) electrons. The van der Waals surface area contributed by atoms with Crippen LogP contribution >= 0.6 is 19.4 Å². The summed E-state index contributed by atoms with van der Waals surface area (Å²) in [6.45, 7) is 47.8. The van der Waals surface area contributed by atoms with Gasteiger partial charge in [0.25, 0.3) is 0 Å². The summed E-state index contributed by atoms with van der Waals surface area (Å²) in [5, 5.41) is 0. The molecule has 1 fully saturated rings. The van der Waals surface area contributed by atoms with Gasteiger partial charge in [-0.05, 0) is 109 Å². The van der Waals surface area contributed by atoms with E-state index in [9.17, 15) is 0 Å². The first-order valence-electron chi connectivity index (χ1n) is 18.1. The van der Waals surface area contributed by atoms with Crippen LogP contribution in [0.5, 0.6) is 5.75 Å². The summed E-state index contributed by atoms with van der Waals surface area (Å²) in [5.41, 5.74) is 11.3. The van der Waals surface area contributed by atoms with Crippen LogP contribution in [0.4, 0.5) is 11.4 Å². The summed E-state index contributed by atoms with van der Waals surface area (Å²) in [6, 6.07) is 17.3. The summed E-state index contributed by atoms with van der Waals surface area (Å²) >= 11 is -1.77. The summed E-state index contributed by atoms with van der Waals surface area (Å²) in [4.78, 5) is 4.87. The van der Waals surface area contributed by atoms with Crippen molar-refractivity contribution in [3.8, 4) is 5.75 Å². The van der Waals surface area contributed by atoms with Gasteiger partial charge in [-0.1, -0.05) is 79.7 Å². The molecule has 0 aliphatic carbocycles. The molecule has 3 aromatic carbocycles. The summed E-state index contributed by atoms with van der Waals surface area (Å²) in [6.07, 6.45) is 2.04. The molecule has 1 aliphatic heterocycles. The average molecular weight is 820 g/mol. The van der Waals surface area contributed by atoms with Gasteiger partial charge in [0.15, 0.2) is 0 Å². The van der Waals surface area contributed by atoms with Crippen LogP contribution in [0.15, 0.2) is 48.5 Å². The van der Waals surface area contributed by atoms with Crippen molar-refractivity contribution in [1.82, 2.24) is 0 Å². The molecule has 0 bridgehead atoms. The molecule has 3 nitrogen and oxygen atoms in total. The molecule has 1 aliphatic rings. The van der Waals surface area contributed by atoms with E-state index in [4.69, 9.17) is 38.0 Å². The van der Waals surface area contributed by atoms with Crippen LogP contribution in [-0.2, 0) is 24.3 Å². The number of halogens is 2. The standard InChI is InChI=1S/C35H51N2.C10H12O.2ClH.Ru/c1-24-17-28(34(11,12)21-32(5,6)7)18-25(2)30(24)36-15-16-37(23-36)31-26(3)19-29(20-27(31)4)35(13,14)22-33(8,9)10;1-8(2)11-10-7-5-4-6-9(10)3;;;/h5,8,17-20,23H,15-16,21-22H2,1-4,6-7,9-14H3;3-8H,1-2H3;2*1H;/q-1;;;;+2/p-2. The molecule has 3 aromatic rings. The maximum absolute atomic E-state index is 6.39. The molecule has 0 saturated carbocycles. The van der Waals surface area contributed by atoms with E-state index in [2.05, 4.69) is 124 Å². The maximum Gasteiger partial charge on any atom is 0.0146 e. The van der Waals surface area contributed by atoms with Crippen molar-refractivity contribution < 1.29 is 18.3 Å². The zero-order chi connectivity index (χ0) is 38.7. The predicted molar refractivity (Wildman–Crippen MR) is 221 cm³/mol. The molecule has 0 amide bonds. The van der Waals surface area contributed by atoms with Gasteiger partial charge in [0.2, 0.25) is 0 Å². The molecular weight excluding hydrogens is 756 g/mol. The number of hydrogen-bond donors (Lipinski definition) is 0. The molecule has 0 unspecified atom stereocenters. The second-order valence-electron chi connectivity index (χ2n) is 17.5. The van der Waals surface area contributed by atoms with Crippen LogP contribution in [0.25, 0.3) is 0 Å². The van der Waals surface area contributed by atoms with Gasteiger partial charge in [-0.15, -0.1) is 0 Å². The fourth-order valence-corrected chi connectivity index (χ4v) is 9.74. The number of rotatable bonds is 11. The van der Waals surface area contributed by atoms with Crippen LogP contribution in [0.1, 0.15) is 121 Å². The molecule has 0 spiro atoms. The quantitative estimate of drug-likeness (QED) is 0.142. The van der Waals surface area contributed by atoms with E-state index < -0.39 is 13.5 Å². The van der Waals surface area contributed by atoms with Gasteiger partial charge in [0, 0.05) is 24.5 Å². The Labute approximate surface area is 326 Å². The molecule has 1 heterocycles. The topological polar surface area (TPSA) is 15.7 Å². The van der Waals surface area contributed by atoms with Crippen molar-refractivity contribution in [3.05, 3.63) is 108 Å². The second kappa shape index (κ2) is 17.1. The van der Waals surface area contributed by atoms with Gasteiger partial charge in [-0.3, -0.25) is 0 Å². The molecule has 0 atom stereocenters. The first-order chi connectivity index (χ1) is 23.3. The first kappa shape index (κ1) is 43.5. The Morgan fingerprint density at radius 2 is 1.10 bits per heavy atom. The third kappa shape index (κ3) is 12.6. The molecule has 51 heavy (non-hydrogen) atoms. The molecule has 1 saturated heterocycles. The molecule has 282 valence electrons. The Balaban J connectivity index is 0.000000419. The normalized spacial score (nSPS) is 14.5. The van der Waals surface area contributed by atoms with E-state index in [0.717, 1.165) is 37.2 Å². The summed E-state index contributed by atoms with van der Waals surface area (Å²) < 4.78 is 7.51. The van der Waals surface area contributed by atoms with Crippen molar-refractivity contribution in [2.45, 2.75) is 127 Å². The first-order valence-corrected chi connectivity index (χ1v) is 23.6. The monoisotopic (exact) mass is 819 g/mol. The zero-order valence-corrected chi connectivity index (χ0v) is 37.0. The Morgan fingerprint density at radius 3 is 1.43 bits per heavy atom. The minimum Gasteiger partial charge on any atom is -0.502 e. The number of ether oxygens (including phenoxy) is 1. The molecule has 0 N–H and O–H groups in total. The van der Waals surface area contributed by atoms with Crippen LogP contribution < -0.4 is 14.5 Å². The van der Waals surface area contributed by atoms with Crippen LogP contribution in [0, 0.1) is 59.0 Å². The third-order valence-electron chi connectivity index (χ3n) is 9.24. The van der Waals surface area contributed by atoms with Crippen molar-refractivity contribution in [2.75, 3.05) is 22.9 Å². The van der Waals surface area contributed by atoms with Gasteiger partial charge < -0.3 is 9.80 Å². The van der Waals surface area contributed by atoms with Crippen LogP contribution in [-0.4, -0.2) is 23.8 Å².